The number of para-hydroxylation sites is 1. The van der Waals surface area contributed by atoms with Gasteiger partial charge in [-0.3, -0.25) is 9.59 Å². The number of fused-ring (bicyclic) bond motifs is 2. The minimum absolute atomic E-state index is 0.150. The van der Waals surface area contributed by atoms with Gasteiger partial charge in [0.2, 0.25) is 12.7 Å². The number of aromatic nitrogens is 1. The molecule has 1 aliphatic rings. The standard InChI is InChI=1S/C20H18N2O4/c1-12-3-2-4-13-9-14(20(24)22-19(12)13)5-8-18(23)21-15-6-7-16-17(10-15)26-11-25-16/h2-4,6-7,9-10H,5,8,11H2,1H3,(H,21,23)(H,22,24). The summed E-state index contributed by atoms with van der Waals surface area (Å²) in [7, 11) is 0. The molecule has 0 atom stereocenters. The van der Waals surface area contributed by atoms with Gasteiger partial charge in [0.05, 0.1) is 5.52 Å². The summed E-state index contributed by atoms with van der Waals surface area (Å²) >= 11 is 0. The van der Waals surface area contributed by atoms with Gasteiger partial charge in [0.15, 0.2) is 11.5 Å². The second kappa shape index (κ2) is 6.55. The summed E-state index contributed by atoms with van der Waals surface area (Å²) in [6.45, 7) is 2.15. The molecular weight excluding hydrogens is 332 g/mol. The summed E-state index contributed by atoms with van der Waals surface area (Å²) in [6.07, 6.45) is 0.588. The van der Waals surface area contributed by atoms with Gasteiger partial charge in [0, 0.05) is 23.7 Å². The van der Waals surface area contributed by atoms with Gasteiger partial charge in [0.1, 0.15) is 0 Å². The Morgan fingerprint density at radius 1 is 1.15 bits per heavy atom. The maximum Gasteiger partial charge on any atom is 0.251 e. The molecule has 0 unspecified atom stereocenters. The maximum atomic E-state index is 12.3. The van der Waals surface area contributed by atoms with Gasteiger partial charge in [-0.15, -0.1) is 0 Å². The molecule has 1 aliphatic heterocycles. The number of carbonyl (C=O) groups is 1. The Labute approximate surface area is 149 Å². The molecule has 6 nitrogen and oxygen atoms in total. The Hall–Kier alpha value is -3.28. The summed E-state index contributed by atoms with van der Waals surface area (Å²) in [5, 5.41) is 3.79. The number of aromatic amines is 1. The lowest BCUT2D eigenvalue weighted by atomic mass is 10.1. The average Bonchev–Trinajstić information content (AvgIpc) is 3.08. The SMILES string of the molecule is Cc1cccc2cc(CCC(=O)Nc3ccc4c(c3)OCO4)c(=O)[nH]c12. The highest BCUT2D eigenvalue weighted by Gasteiger charge is 2.14. The Kier molecular flexibility index (Phi) is 4.08. The van der Waals surface area contributed by atoms with Gasteiger partial charge in [-0.2, -0.15) is 0 Å². The van der Waals surface area contributed by atoms with Crippen LogP contribution in [0, 0.1) is 6.92 Å². The molecule has 0 bridgehead atoms. The first kappa shape index (κ1) is 16.2. The smallest absolute Gasteiger partial charge is 0.251 e. The Morgan fingerprint density at radius 2 is 2.00 bits per heavy atom. The van der Waals surface area contributed by atoms with E-state index in [-0.39, 0.29) is 24.7 Å². The number of anilines is 1. The number of ether oxygens (including phenoxy) is 2. The fourth-order valence-electron chi connectivity index (χ4n) is 3.06. The van der Waals surface area contributed by atoms with Crippen LogP contribution in [0.5, 0.6) is 11.5 Å². The number of nitrogens with one attached hydrogen (secondary N) is 2. The Bertz CT molecular complexity index is 1060. The van der Waals surface area contributed by atoms with E-state index < -0.39 is 0 Å². The van der Waals surface area contributed by atoms with Crippen LogP contribution in [0.3, 0.4) is 0 Å². The molecule has 6 heteroatoms. The molecule has 1 aromatic heterocycles. The first-order chi connectivity index (χ1) is 12.6. The van der Waals surface area contributed by atoms with E-state index in [0.717, 1.165) is 16.5 Å². The van der Waals surface area contributed by atoms with Crippen molar-refractivity contribution >= 4 is 22.5 Å². The number of amides is 1. The van der Waals surface area contributed by atoms with Crippen molar-refractivity contribution in [1.82, 2.24) is 4.98 Å². The van der Waals surface area contributed by atoms with Crippen molar-refractivity contribution < 1.29 is 14.3 Å². The molecule has 4 rings (SSSR count). The van der Waals surface area contributed by atoms with Crippen molar-refractivity contribution in [2.75, 3.05) is 12.1 Å². The topological polar surface area (TPSA) is 80.4 Å². The van der Waals surface area contributed by atoms with Gasteiger partial charge >= 0.3 is 0 Å². The molecule has 2 aromatic carbocycles. The molecule has 0 saturated heterocycles. The number of H-pyrrole nitrogens is 1. The number of hydrogen-bond acceptors (Lipinski definition) is 4. The Balaban J connectivity index is 1.45. The van der Waals surface area contributed by atoms with Crippen LogP contribution in [-0.4, -0.2) is 17.7 Å². The minimum Gasteiger partial charge on any atom is -0.454 e. The molecule has 1 amide bonds. The fourth-order valence-corrected chi connectivity index (χ4v) is 3.06. The van der Waals surface area contributed by atoms with Crippen molar-refractivity contribution in [3.63, 3.8) is 0 Å². The Morgan fingerprint density at radius 3 is 2.88 bits per heavy atom. The number of hydrogen-bond donors (Lipinski definition) is 2. The highest BCUT2D eigenvalue weighted by molar-refractivity contribution is 5.91. The van der Waals surface area contributed by atoms with Crippen LogP contribution in [0.4, 0.5) is 5.69 Å². The van der Waals surface area contributed by atoms with Crippen molar-refractivity contribution in [3.8, 4) is 11.5 Å². The van der Waals surface area contributed by atoms with E-state index in [2.05, 4.69) is 10.3 Å². The van der Waals surface area contributed by atoms with Crippen molar-refractivity contribution in [3.05, 3.63) is 63.9 Å². The van der Waals surface area contributed by atoms with Gasteiger partial charge < -0.3 is 19.8 Å². The minimum atomic E-state index is -0.160. The predicted octanol–water partition coefficient (Wildman–Crippen LogP) is 3.14. The third-order valence-electron chi connectivity index (χ3n) is 4.44. The second-order valence-corrected chi connectivity index (χ2v) is 6.28. The van der Waals surface area contributed by atoms with Crippen molar-refractivity contribution in [1.29, 1.82) is 0 Å². The first-order valence-corrected chi connectivity index (χ1v) is 8.41. The molecule has 0 spiro atoms. The van der Waals surface area contributed by atoms with E-state index in [1.807, 2.05) is 31.2 Å². The largest absolute Gasteiger partial charge is 0.454 e. The number of rotatable bonds is 4. The van der Waals surface area contributed by atoms with E-state index in [0.29, 0.717) is 29.2 Å². The lowest BCUT2D eigenvalue weighted by Gasteiger charge is -2.07. The number of aryl methyl sites for hydroxylation is 2. The lowest BCUT2D eigenvalue weighted by Crippen LogP contribution is -2.17. The highest BCUT2D eigenvalue weighted by Crippen LogP contribution is 2.34. The first-order valence-electron chi connectivity index (χ1n) is 8.41. The summed E-state index contributed by atoms with van der Waals surface area (Å²) in [5.41, 5.74) is 2.95. The summed E-state index contributed by atoms with van der Waals surface area (Å²) in [5.74, 6) is 1.12. The number of pyridine rings is 1. The summed E-state index contributed by atoms with van der Waals surface area (Å²) < 4.78 is 10.5. The van der Waals surface area contributed by atoms with E-state index in [4.69, 9.17) is 9.47 Å². The molecule has 2 N–H and O–H groups in total. The van der Waals surface area contributed by atoms with Crippen LogP contribution >= 0.6 is 0 Å². The predicted molar refractivity (Wildman–Crippen MR) is 98.8 cm³/mol. The molecule has 0 saturated carbocycles. The molecule has 0 radical (unpaired) electrons. The zero-order valence-electron chi connectivity index (χ0n) is 14.3. The van der Waals surface area contributed by atoms with Crippen LogP contribution in [0.15, 0.2) is 47.3 Å². The van der Waals surface area contributed by atoms with Crippen LogP contribution in [0.25, 0.3) is 10.9 Å². The normalized spacial score (nSPS) is 12.3. The van der Waals surface area contributed by atoms with E-state index in [9.17, 15) is 9.59 Å². The third kappa shape index (κ3) is 3.13. The molecule has 26 heavy (non-hydrogen) atoms. The van der Waals surface area contributed by atoms with Crippen molar-refractivity contribution in [2.24, 2.45) is 0 Å². The molecule has 3 aromatic rings. The van der Waals surface area contributed by atoms with Gasteiger partial charge in [-0.05, 0) is 42.5 Å². The fraction of sp³-hybridized carbons (Fsp3) is 0.200. The second-order valence-electron chi connectivity index (χ2n) is 6.28. The zero-order chi connectivity index (χ0) is 18.1. The zero-order valence-corrected chi connectivity index (χ0v) is 14.3. The van der Waals surface area contributed by atoms with Crippen LogP contribution in [-0.2, 0) is 11.2 Å². The molecule has 0 aliphatic carbocycles. The van der Waals surface area contributed by atoms with Gasteiger partial charge in [-0.1, -0.05) is 18.2 Å². The average molecular weight is 350 g/mol. The van der Waals surface area contributed by atoms with Crippen LogP contribution in [0.1, 0.15) is 17.5 Å². The lowest BCUT2D eigenvalue weighted by molar-refractivity contribution is -0.116. The summed E-state index contributed by atoms with van der Waals surface area (Å²) in [6, 6.07) is 13.0. The summed E-state index contributed by atoms with van der Waals surface area (Å²) in [4.78, 5) is 27.4. The van der Waals surface area contributed by atoms with Crippen molar-refractivity contribution in [2.45, 2.75) is 19.8 Å². The van der Waals surface area contributed by atoms with Crippen LogP contribution < -0.4 is 20.3 Å². The quantitative estimate of drug-likeness (QED) is 0.757. The van der Waals surface area contributed by atoms with Gasteiger partial charge in [0.25, 0.3) is 5.56 Å². The molecule has 0 fully saturated rings. The molecule has 132 valence electrons. The van der Waals surface area contributed by atoms with E-state index >= 15 is 0 Å². The van der Waals surface area contributed by atoms with Gasteiger partial charge in [-0.25, -0.2) is 0 Å². The maximum absolute atomic E-state index is 12.3. The van der Waals surface area contributed by atoms with E-state index in [1.54, 1.807) is 18.2 Å². The van der Waals surface area contributed by atoms with Crippen LogP contribution in [0.2, 0.25) is 0 Å². The molecule has 2 heterocycles. The highest BCUT2D eigenvalue weighted by atomic mass is 16.7. The monoisotopic (exact) mass is 350 g/mol. The number of benzene rings is 2. The van der Waals surface area contributed by atoms with E-state index in [1.165, 1.54) is 0 Å². The number of carbonyl (C=O) groups excluding carboxylic acids is 1. The molecular formula is C20H18N2O4. The third-order valence-corrected chi connectivity index (χ3v) is 4.44.